The van der Waals surface area contributed by atoms with E-state index in [0.29, 0.717) is 19.8 Å². The molecule has 0 fully saturated rings. The number of ether oxygens (including phenoxy) is 1. The lowest BCUT2D eigenvalue weighted by Gasteiger charge is -2.13. The Kier molecular flexibility index (Phi) is 6.15. The van der Waals surface area contributed by atoms with Gasteiger partial charge >= 0.3 is 6.18 Å². The molecule has 0 spiro atoms. The van der Waals surface area contributed by atoms with Crippen molar-refractivity contribution >= 4 is 0 Å². The van der Waals surface area contributed by atoms with Crippen LogP contribution in [0.4, 0.5) is 13.2 Å². The van der Waals surface area contributed by atoms with Gasteiger partial charge in [-0.15, -0.1) is 0 Å². The van der Waals surface area contributed by atoms with Crippen molar-refractivity contribution in [1.29, 1.82) is 0 Å². The van der Waals surface area contributed by atoms with E-state index in [9.17, 15) is 13.2 Å². The summed E-state index contributed by atoms with van der Waals surface area (Å²) in [5, 5.41) is 2.99. The van der Waals surface area contributed by atoms with Gasteiger partial charge in [-0.1, -0.05) is 18.2 Å². The Labute approximate surface area is 105 Å². The van der Waals surface area contributed by atoms with E-state index in [4.69, 9.17) is 4.74 Å². The summed E-state index contributed by atoms with van der Waals surface area (Å²) < 4.78 is 43.2. The minimum Gasteiger partial charge on any atom is -0.382 e. The molecule has 0 unspecified atom stereocenters. The van der Waals surface area contributed by atoms with Gasteiger partial charge in [-0.2, -0.15) is 13.2 Å². The molecule has 2 nitrogen and oxygen atoms in total. The van der Waals surface area contributed by atoms with Crippen molar-refractivity contribution in [3.63, 3.8) is 0 Å². The highest BCUT2D eigenvalue weighted by molar-refractivity contribution is 5.29. The molecule has 0 aromatic heterocycles. The summed E-state index contributed by atoms with van der Waals surface area (Å²) in [5.74, 6) is 0. The SMILES string of the molecule is CCOCCCNCc1ccccc1C(F)(F)F. The molecule has 102 valence electrons. The Bertz CT molecular complexity index is 352. The average molecular weight is 261 g/mol. The minimum atomic E-state index is -4.29. The van der Waals surface area contributed by atoms with E-state index in [1.165, 1.54) is 12.1 Å². The fraction of sp³-hybridized carbons (Fsp3) is 0.538. The van der Waals surface area contributed by atoms with Crippen LogP contribution in [0.1, 0.15) is 24.5 Å². The third kappa shape index (κ3) is 5.06. The maximum Gasteiger partial charge on any atom is 0.416 e. The fourth-order valence-corrected chi connectivity index (χ4v) is 1.62. The Morgan fingerprint density at radius 3 is 2.61 bits per heavy atom. The van der Waals surface area contributed by atoms with Gasteiger partial charge < -0.3 is 10.1 Å². The molecule has 0 atom stereocenters. The molecule has 1 aromatic rings. The summed E-state index contributed by atoms with van der Waals surface area (Å²) in [6, 6.07) is 5.63. The zero-order valence-electron chi connectivity index (χ0n) is 10.4. The van der Waals surface area contributed by atoms with E-state index in [0.717, 1.165) is 12.5 Å². The van der Waals surface area contributed by atoms with Gasteiger partial charge in [0.25, 0.3) is 0 Å². The molecule has 0 radical (unpaired) electrons. The third-order valence-corrected chi connectivity index (χ3v) is 2.48. The van der Waals surface area contributed by atoms with Gasteiger partial charge in [0.2, 0.25) is 0 Å². The summed E-state index contributed by atoms with van der Waals surface area (Å²) in [7, 11) is 0. The number of benzene rings is 1. The van der Waals surface area contributed by atoms with Gasteiger partial charge in [0.15, 0.2) is 0 Å². The topological polar surface area (TPSA) is 21.3 Å². The van der Waals surface area contributed by atoms with Crippen LogP contribution in [0, 0.1) is 0 Å². The quantitative estimate of drug-likeness (QED) is 0.761. The Hall–Kier alpha value is -1.07. The molecule has 0 saturated heterocycles. The molecule has 1 N–H and O–H groups in total. The van der Waals surface area contributed by atoms with Gasteiger partial charge in [-0.05, 0) is 31.5 Å². The second-order valence-electron chi connectivity index (χ2n) is 3.88. The van der Waals surface area contributed by atoms with Crippen LogP contribution in [0.5, 0.6) is 0 Å². The van der Waals surface area contributed by atoms with Crippen LogP contribution in [-0.4, -0.2) is 19.8 Å². The van der Waals surface area contributed by atoms with Gasteiger partial charge in [0, 0.05) is 19.8 Å². The number of hydrogen-bond acceptors (Lipinski definition) is 2. The maximum absolute atomic E-state index is 12.7. The fourth-order valence-electron chi connectivity index (χ4n) is 1.62. The van der Waals surface area contributed by atoms with Gasteiger partial charge in [0.05, 0.1) is 5.56 Å². The van der Waals surface area contributed by atoms with Crippen molar-refractivity contribution in [2.75, 3.05) is 19.8 Å². The lowest BCUT2D eigenvalue weighted by atomic mass is 10.1. The van der Waals surface area contributed by atoms with E-state index in [-0.39, 0.29) is 12.1 Å². The van der Waals surface area contributed by atoms with Crippen LogP contribution in [0.2, 0.25) is 0 Å². The molecule has 0 amide bonds. The molecule has 1 aromatic carbocycles. The van der Waals surface area contributed by atoms with Crippen LogP contribution in [-0.2, 0) is 17.5 Å². The van der Waals surface area contributed by atoms with Crippen LogP contribution in [0.25, 0.3) is 0 Å². The minimum absolute atomic E-state index is 0.224. The molecule has 18 heavy (non-hydrogen) atoms. The van der Waals surface area contributed by atoms with Crippen molar-refractivity contribution in [1.82, 2.24) is 5.32 Å². The van der Waals surface area contributed by atoms with Crippen molar-refractivity contribution in [3.8, 4) is 0 Å². The lowest BCUT2D eigenvalue weighted by molar-refractivity contribution is -0.138. The lowest BCUT2D eigenvalue weighted by Crippen LogP contribution is -2.19. The normalized spacial score (nSPS) is 11.8. The van der Waals surface area contributed by atoms with Gasteiger partial charge in [0.1, 0.15) is 0 Å². The first-order chi connectivity index (χ1) is 8.55. The first kappa shape index (κ1) is 15.0. The largest absolute Gasteiger partial charge is 0.416 e. The summed E-state index contributed by atoms with van der Waals surface area (Å²) in [6.07, 6.45) is -3.49. The molecule has 0 saturated carbocycles. The smallest absolute Gasteiger partial charge is 0.382 e. The molecule has 0 aliphatic rings. The number of halogens is 3. The average Bonchev–Trinajstić information content (AvgIpc) is 2.33. The zero-order valence-corrected chi connectivity index (χ0v) is 10.4. The first-order valence-corrected chi connectivity index (χ1v) is 5.99. The summed E-state index contributed by atoms with van der Waals surface area (Å²) in [4.78, 5) is 0. The number of rotatable bonds is 7. The van der Waals surface area contributed by atoms with Crippen LogP contribution in [0.15, 0.2) is 24.3 Å². The number of hydrogen-bond donors (Lipinski definition) is 1. The summed E-state index contributed by atoms with van der Waals surface area (Å²) in [6.45, 7) is 4.07. The first-order valence-electron chi connectivity index (χ1n) is 5.99. The van der Waals surface area contributed by atoms with Crippen molar-refractivity contribution < 1.29 is 17.9 Å². The molecular formula is C13H18F3NO. The van der Waals surface area contributed by atoms with E-state index in [1.807, 2.05) is 6.92 Å². The Balaban J connectivity index is 2.43. The van der Waals surface area contributed by atoms with E-state index < -0.39 is 11.7 Å². The summed E-state index contributed by atoms with van der Waals surface area (Å²) >= 11 is 0. The highest BCUT2D eigenvalue weighted by Gasteiger charge is 2.32. The molecule has 0 aliphatic carbocycles. The summed E-state index contributed by atoms with van der Waals surface area (Å²) in [5.41, 5.74) is -0.288. The van der Waals surface area contributed by atoms with E-state index >= 15 is 0 Å². The Morgan fingerprint density at radius 2 is 1.94 bits per heavy atom. The second kappa shape index (κ2) is 7.38. The highest BCUT2D eigenvalue weighted by Crippen LogP contribution is 2.31. The predicted octanol–water partition coefficient (Wildman–Crippen LogP) is 3.22. The second-order valence-corrected chi connectivity index (χ2v) is 3.88. The zero-order chi connectivity index (χ0) is 13.4. The third-order valence-electron chi connectivity index (χ3n) is 2.48. The maximum atomic E-state index is 12.7. The Morgan fingerprint density at radius 1 is 1.22 bits per heavy atom. The van der Waals surface area contributed by atoms with Crippen molar-refractivity contribution in [2.24, 2.45) is 0 Å². The van der Waals surface area contributed by atoms with Crippen LogP contribution >= 0.6 is 0 Å². The van der Waals surface area contributed by atoms with Gasteiger partial charge in [-0.3, -0.25) is 0 Å². The van der Waals surface area contributed by atoms with Crippen molar-refractivity contribution in [2.45, 2.75) is 26.1 Å². The van der Waals surface area contributed by atoms with Crippen LogP contribution in [0.3, 0.4) is 0 Å². The molecule has 1 rings (SSSR count). The van der Waals surface area contributed by atoms with Crippen LogP contribution < -0.4 is 5.32 Å². The van der Waals surface area contributed by atoms with E-state index in [2.05, 4.69) is 5.32 Å². The monoisotopic (exact) mass is 261 g/mol. The van der Waals surface area contributed by atoms with E-state index in [1.54, 1.807) is 6.07 Å². The number of nitrogens with one attached hydrogen (secondary N) is 1. The molecule has 0 heterocycles. The van der Waals surface area contributed by atoms with Gasteiger partial charge in [-0.25, -0.2) is 0 Å². The molecular weight excluding hydrogens is 243 g/mol. The standard InChI is InChI=1S/C13H18F3NO/c1-2-18-9-5-8-17-10-11-6-3-4-7-12(11)13(14,15)16/h3-4,6-7,17H,2,5,8-10H2,1H3. The number of alkyl halides is 3. The van der Waals surface area contributed by atoms with Crippen molar-refractivity contribution in [3.05, 3.63) is 35.4 Å². The molecule has 0 aliphatic heterocycles. The molecule has 0 bridgehead atoms. The highest BCUT2D eigenvalue weighted by atomic mass is 19.4. The predicted molar refractivity (Wildman–Crippen MR) is 64.3 cm³/mol. The molecule has 5 heteroatoms.